The Hall–Kier alpha value is -5.89. The Balaban J connectivity index is 1.55. The highest BCUT2D eigenvalue weighted by Gasteiger charge is 2.63. The van der Waals surface area contributed by atoms with Crippen LogP contribution < -0.4 is 5.32 Å². The molecule has 13 heteroatoms. The van der Waals surface area contributed by atoms with Gasteiger partial charge in [-0.3, -0.25) is 14.4 Å². The molecule has 2 aliphatic carbocycles. The van der Waals surface area contributed by atoms with E-state index in [9.17, 15) is 24.3 Å². The second-order valence-electron chi connectivity index (χ2n) is 17.1. The first-order valence-electron chi connectivity index (χ1n) is 21.9. The van der Waals surface area contributed by atoms with Crippen molar-refractivity contribution in [1.82, 2.24) is 5.32 Å². The van der Waals surface area contributed by atoms with E-state index in [2.05, 4.69) is 5.32 Å². The van der Waals surface area contributed by atoms with Gasteiger partial charge in [0.25, 0.3) is 5.91 Å². The number of esters is 4. The number of hydrogen-bond donors (Lipinski definition) is 2. The van der Waals surface area contributed by atoms with Gasteiger partial charge in [-0.25, -0.2) is 9.59 Å². The van der Waals surface area contributed by atoms with Crippen molar-refractivity contribution in [2.45, 2.75) is 122 Å². The van der Waals surface area contributed by atoms with Crippen molar-refractivity contribution in [1.29, 1.82) is 0 Å². The van der Waals surface area contributed by atoms with Gasteiger partial charge >= 0.3 is 23.9 Å². The number of carbonyl (C=O) groups is 5. The van der Waals surface area contributed by atoms with Crippen LogP contribution in [-0.4, -0.2) is 67.1 Å². The Morgan fingerprint density at radius 3 is 1.73 bits per heavy atom. The average Bonchev–Trinajstić information content (AvgIpc) is 3.29. The number of ether oxygens (including phenoxy) is 4. The molecule has 0 aliphatic heterocycles. The van der Waals surface area contributed by atoms with Crippen LogP contribution in [0.2, 0.25) is 18.1 Å². The summed E-state index contributed by atoms with van der Waals surface area (Å²) in [5.41, 5.74) is -0.890. The fraction of sp³-hybridized carbons (Fsp3) is 0.392. The third-order valence-electron chi connectivity index (χ3n) is 13.1. The Kier molecular flexibility index (Phi) is 14.8. The predicted molar refractivity (Wildman–Crippen MR) is 242 cm³/mol. The summed E-state index contributed by atoms with van der Waals surface area (Å²) < 4.78 is 32.2. The van der Waals surface area contributed by atoms with Crippen molar-refractivity contribution in [3.63, 3.8) is 0 Å². The van der Waals surface area contributed by atoms with E-state index in [0.29, 0.717) is 51.5 Å². The lowest BCUT2D eigenvalue weighted by molar-refractivity contribution is -0.194. The Morgan fingerprint density at radius 2 is 1.19 bits per heavy atom. The highest BCUT2D eigenvalue weighted by Crippen LogP contribution is 2.60. The van der Waals surface area contributed by atoms with Gasteiger partial charge < -0.3 is 33.8 Å². The molecule has 7 atom stereocenters. The minimum Gasteiger partial charge on any atom is -0.456 e. The zero-order chi connectivity index (χ0) is 46.4. The maximum absolute atomic E-state index is 15.3. The number of nitrogens with one attached hydrogen (secondary N) is 1. The molecule has 338 valence electrons. The van der Waals surface area contributed by atoms with Crippen molar-refractivity contribution in [3.8, 4) is 0 Å². The van der Waals surface area contributed by atoms with Crippen LogP contribution in [0.25, 0.3) is 0 Å². The zero-order valence-corrected chi connectivity index (χ0v) is 38.8. The first kappa shape index (κ1) is 47.6. The first-order chi connectivity index (χ1) is 30.5. The second-order valence-corrected chi connectivity index (χ2v) is 21.8. The molecule has 0 spiro atoms. The summed E-state index contributed by atoms with van der Waals surface area (Å²) in [4.78, 5) is 69.5. The van der Waals surface area contributed by atoms with Crippen molar-refractivity contribution < 1.29 is 52.5 Å². The van der Waals surface area contributed by atoms with Gasteiger partial charge in [-0.1, -0.05) is 126 Å². The molecule has 0 unspecified atom stereocenters. The molecular formula is C51H59NO11Si. The molecule has 0 radical (unpaired) electrons. The molecule has 2 aliphatic rings. The smallest absolute Gasteiger partial charge is 0.338 e. The largest absolute Gasteiger partial charge is 0.456 e. The van der Waals surface area contributed by atoms with Crippen LogP contribution in [0.15, 0.2) is 126 Å². The van der Waals surface area contributed by atoms with E-state index >= 15 is 4.79 Å². The molecule has 1 amide bonds. The van der Waals surface area contributed by atoms with Gasteiger partial charge in [-0.2, -0.15) is 0 Å². The van der Waals surface area contributed by atoms with E-state index in [1.165, 1.54) is 13.8 Å². The monoisotopic (exact) mass is 889 g/mol. The second kappa shape index (κ2) is 19.9. The quantitative estimate of drug-likeness (QED) is 0.0507. The summed E-state index contributed by atoms with van der Waals surface area (Å²) in [7, 11) is -2.66. The highest BCUT2D eigenvalue weighted by molar-refractivity contribution is 6.73. The summed E-state index contributed by atoms with van der Waals surface area (Å²) in [5.74, 6) is -3.35. The summed E-state index contributed by atoms with van der Waals surface area (Å²) in [6, 6.07) is 33.9. The molecule has 4 aromatic carbocycles. The predicted octanol–water partition coefficient (Wildman–Crippen LogP) is 9.09. The molecule has 0 heterocycles. The number of rotatable bonds is 15. The number of amides is 1. The zero-order valence-electron chi connectivity index (χ0n) is 37.8. The van der Waals surface area contributed by atoms with Crippen LogP contribution in [0.5, 0.6) is 0 Å². The maximum atomic E-state index is 15.3. The summed E-state index contributed by atoms with van der Waals surface area (Å²) in [5, 5.41) is 16.7. The van der Waals surface area contributed by atoms with Crippen LogP contribution in [0, 0.1) is 5.41 Å². The summed E-state index contributed by atoms with van der Waals surface area (Å²) in [6.45, 7) is 13.8. The van der Waals surface area contributed by atoms with E-state index in [-0.39, 0.29) is 12.0 Å². The van der Waals surface area contributed by atoms with Crippen LogP contribution in [0.3, 0.4) is 0 Å². The topological polar surface area (TPSA) is 164 Å². The third-order valence-corrected chi connectivity index (χ3v) is 17.8. The van der Waals surface area contributed by atoms with E-state index < -0.39 is 85.7 Å². The first-order valence-corrected chi connectivity index (χ1v) is 24.5. The fourth-order valence-corrected chi connectivity index (χ4v) is 12.1. The van der Waals surface area contributed by atoms with E-state index in [1.54, 1.807) is 106 Å². The standard InChI is InChI=1S/C51H59NO11Si/c1-9-64(10-2,11-3)63-45(42(35-23-15-12-16-24-35)52-47(55)36-25-17-13-18-26-36)49(57)61-40-31-51(58)46(62-48(56)37-27-19-14-20-28-37)39-30-22-21-29-38(39)43(59-33(5)53)44(60-34(6)54)41(32(40)4)50(51,7)8/h12-30,40,42-46,58H,9-11,31H2,1-8H3,(H,52,55)/t40-,42-,43+,44+,45+,46-,51+/m0/s1. The van der Waals surface area contributed by atoms with Crippen molar-refractivity contribution in [2.24, 2.45) is 5.41 Å². The van der Waals surface area contributed by atoms with E-state index in [0.717, 1.165) is 0 Å². The third kappa shape index (κ3) is 9.62. The maximum Gasteiger partial charge on any atom is 0.338 e. The number of aliphatic hydroxyl groups is 1. The van der Waals surface area contributed by atoms with E-state index in [1.807, 2.05) is 51.1 Å². The van der Waals surface area contributed by atoms with Gasteiger partial charge in [0.15, 0.2) is 32.7 Å². The van der Waals surface area contributed by atoms with Crippen LogP contribution in [-0.2, 0) is 37.8 Å². The SMILES string of the molecule is CC[Si](CC)(CC)O[C@@H](C(=O)O[C@H]1C[C@@]2(O)[C@@H](OC(=O)c3ccccc3)c3ccccc3[C@@H](OC(C)=O)[C@H](OC(C)=O)C(=C1C)C2(C)C)[C@@H](NC(=O)c1ccccc1)c1ccccc1. The average molecular weight is 890 g/mol. The van der Waals surface area contributed by atoms with Crippen molar-refractivity contribution in [2.75, 3.05) is 0 Å². The Labute approximate surface area is 376 Å². The fourth-order valence-electron chi connectivity index (χ4n) is 9.37. The molecule has 64 heavy (non-hydrogen) atoms. The minimum atomic E-state index is -2.66. The minimum absolute atomic E-state index is 0.225. The van der Waals surface area contributed by atoms with Crippen LogP contribution in [0.4, 0.5) is 0 Å². The lowest BCUT2D eigenvalue weighted by Crippen LogP contribution is -2.61. The van der Waals surface area contributed by atoms with Crippen LogP contribution in [0.1, 0.15) is 117 Å². The molecule has 6 rings (SSSR count). The van der Waals surface area contributed by atoms with Gasteiger partial charge in [-0.05, 0) is 66.0 Å². The van der Waals surface area contributed by atoms with Gasteiger partial charge in [-0.15, -0.1) is 0 Å². The molecule has 2 bridgehead atoms. The molecular weight excluding hydrogens is 831 g/mol. The molecule has 2 N–H and O–H groups in total. The van der Waals surface area contributed by atoms with Gasteiger partial charge in [0, 0.05) is 42.4 Å². The molecule has 0 saturated heterocycles. The van der Waals surface area contributed by atoms with E-state index in [4.69, 9.17) is 23.4 Å². The Bertz CT molecular complexity index is 2340. The molecule has 12 nitrogen and oxygen atoms in total. The van der Waals surface area contributed by atoms with Gasteiger partial charge in [0.1, 0.15) is 11.7 Å². The number of carbonyl (C=O) groups excluding carboxylic acids is 5. The molecule has 0 saturated carbocycles. The number of hydrogen-bond acceptors (Lipinski definition) is 11. The van der Waals surface area contributed by atoms with Crippen molar-refractivity contribution >= 4 is 38.1 Å². The summed E-state index contributed by atoms with van der Waals surface area (Å²) in [6.07, 6.45) is -6.94. The normalized spacial score (nSPS) is 22.3. The van der Waals surface area contributed by atoms with Crippen LogP contribution >= 0.6 is 0 Å². The summed E-state index contributed by atoms with van der Waals surface area (Å²) >= 11 is 0. The lowest BCUT2D eigenvalue weighted by Gasteiger charge is -2.56. The van der Waals surface area contributed by atoms with Crippen molar-refractivity contribution in [3.05, 3.63) is 154 Å². The number of fused-ring (bicyclic) bond motifs is 3. The van der Waals surface area contributed by atoms with Gasteiger partial charge in [0.2, 0.25) is 0 Å². The Morgan fingerprint density at radius 1 is 0.688 bits per heavy atom. The molecule has 4 aromatic rings. The van der Waals surface area contributed by atoms with Gasteiger partial charge in [0.05, 0.1) is 11.6 Å². The highest BCUT2D eigenvalue weighted by atomic mass is 28.4. The molecule has 0 fully saturated rings. The number of benzene rings is 4. The lowest BCUT2D eigenvalue weighted by atomic mass is 9.55. The molecule has 0 aromatic heterocycles.